The summed E-state index contributed by atoms with van der Waals surface area (Å²) in [4.78, 5) is 19.7. The van der Waals surface area contributed by atoms with Crippen LogP contribution in [0.15, 0.2) is 9.98 Å². The lowest BCUT2D eigenvalue weighted by Crippen LogP contribution is -2.66. The lowest BCUT2D eigenvalue weighted by Gasteiger charge is -2.45. The monoisotopic (exact) mass is 581 g/mol. The molecular formula is C21H39N7O12. The largest absolute Gasteiger partial charge is 0.394 e. The number of ether oxygens (including phenoxy) is 4. The molecule has 230 valence electrons. The normalized spacial score (nSPS) is 47.4. The summed E-state index contributed by atoms with van der Waals surface area (Å²) in [7, 11) is 1.42. The van der Waals surface area contributed by atoms with Crippen molar-refractivity contribution in [3.05, 3.63) is 0 Å². The van der Waals surface area contributed by atoms with Crippen LogP contribution in [0, 0.1) is 0 Å². The van der Waals surface area contributed by atoms with E-state index in [1.807, 2.05) is 0 Å². The molecule has 2 heterocycles. The molecule has 0 aromatic rings. The van der Waals surface area contributed by atoms with Gasteiger partial charge in [0.25, 0.3) is 0 Å². The minimum atomic E-state index is -2.38. The first kappa shape index (κ1) is 32.2. The maximum atomic E-state index is 12.1. The lowest BCUT2D eigenvalue weighted by atomic mass is 9.81. The minimum absolute atomic E-state index is 0.140. The average Bonchev–Trinajstić information content (AvgIpc) is 3.13. The molecule has 11 unspecified atom stereocenters. The molecule has 1 saturated carbocycles. The van der Waals surface area contributed by atoms with E-state index in [1.165, 1.54) is 14.0 Å². The Balaban J connectivity index is 1.96. The third kappa shape index (κ3) is 6.00. The average molecular weight is 582 g/mol. The molecule has 2 aliphatic heterocycles. The van der Waals surface area contributed by atoms with E-state index in [4.69, 9.17) is 41.9 Å². The van der Waals surface area contributed by atoms with Gasteiger partial charge in [0.2, 0.25) is 0 Å². The first-order valence-electron chi connectivity index (χ1n) is 12.4. The molecule has 16 N–H and O–H groups in total. The van der Waals surface area contributed by atoms with Crippen molar-refractivity contribution < 1.29 is 59.5 Å². The Kier molecular flexibility index (Phi) is 10.2. The molecule has 19 nitrogen and oxygen atoms in total. The number of hydrogen-bond acceptors (Lipinski definition) is 15. The number of aliphatic imine (C=N–C) groups is 2. The van der Waals surface area contributed by atoms with Gasteiger partial charge in [0.1, 0.15) is 60.9 Å². The molecule has 0 radical (unpaired) electrons. The molecule has 3 fully saturated rings. The fourth-order valence-electron chi connectivity index (χ4n) is 5.08. The predicted octanol–water partition coefficient (Wildman–Crippen LogP) is -8.16. The number of aldehydes is 1. The number of nitrogens with zero attached hydrogens (tertiary/aromatic N) is 2. The Morgan fingerprint density at radius 2 is 1.50 bits per heavy atom. The first-order chi connectivity index (χ1) is 18.7. The molecule has 0 bridgehead atoms. The van der Waals surface area contributed by atoms with E-state index < -0.39 is 110 Å². The Hall–Kier alpha value is -2.27. The van der Waals surface area contributed by atoms with Crippen LogP contribution >= 0.6 is 0 Å². The standard InChI is InChI=1S/C21H39N7O12/c1-5-21(36,4-30)16(40-17-9(26-2)13(34)10(31)6(3-29)38-17)18(37-5)39-15-8(28-20(24)25)11(32)7(27-19(22)23)12(33)14(15)35/h4-18,26,29,31-36H,3H2,1-2H3,(H4,22,23,27)(H4,24,25,28)/t5-,6?,7?,8?,9?,10?,11?,12?,13?,14?,15?,16?,17+,18-,21+/m0/s1. The second-order valence-corrected chi connectivity index (χ2v) is 9.89. The van der Waals surface area contributed by atoms with Gasteiger partial charge in [-0.15, -0.1) is 0 Å². The number of hydrogen-bond donors (Lipinski definition) is 12. The molecule has 15 atom stereocenters. The van der Waals surface area contributed by atoms with E-state index in [0.29, 0.717) is 0 Å². The zero-order valence-corrected chi connectivity index (χ0v) is 21.7. The number of rotatable bonds is 9. The zero-order valence-electron chi connectivity index (χ0n) is 21.7. The maximum Gasteiger partial charge on any atom is 0.188 e. The molecule has 0 aromatic heterocycles. The van der Waals surface area contributed by atoms with Crippen molar-refractivity contribution in [1.82, 2.24) is 5.32 Å². The van der Waals surface area contributed by atoms with Crippen LogP contribution in [0.25, 0.3) is 0 Å². The molecule has 1 aliphatic carbocycles. The quantitative estimate of drug-likeness (QED) is 0.0682. The van der Waals surface area contributed by atoms with Gasteiger partial charge in [-0.2, -0.15) is 0 Å². The van der Waals surface area contributed by atoms with Gasteiger partial charge in [0, 0.05) is 0 Å². The summed E-state index contributed by atoms with van der Waals surface area (Å²) in [6, 6.07) is -4.08. The van der Waals surface area contributed by atoms with Gasteiger partial charge in [-0.3, -0.25) is 4.79 Å². The number of guanidine groups is 2. The predicted molar refractivity (Wildman–Crippen MR) is 133 cm³/mol. The number of nitrogens with one attached hydrogen (secondary N) is 1. The van der Waals surface area contributed by atoms with Crippen molar-refractivity contribution >= 4 is 18.2 Å². The SMILES string of the molecule is CNC1C(O)C(O)C(CO)O[C@@H]1OC1[C@H](OC2C(O)C(O)C(N=C(N)N)C(O)C2N=C(N)N)O[C@@H](C)[C@]1(O)C=O. The van der Waals surface area contributed by atoms with Crippen molar-refractivity contribution in [2.75, 3.05) is 13.7 Å². The number of aliphatic hydroxyl groups excluding tert-OH is 6. The summed E-state index contributed by atoms with van der Waals surface area (Å²) < 4.78 is 22.9. The summed E-state index contributed by atoms with van der Waals surface area (Å²) >= 11 is 0. The van der Waals surface area contributed by atoms with E-state index in [2.05, 4.69) is 15.3 Å². The van der Waals surface area contributed by atoms with Crippen LogP contribution in [-0.4, -0.2) is 159 Å². The van der Waals surface area contributed by atoms with E-state index in [1.54, 1.807) is 0 Å². The Bertz CT molecular complexity index is 940. The van der Waals surface area contributed by atoms with Crippen molar-refractivity contribution in [3.63, 3.8) is 0 Å². The van der Waals surface area contributed by atoms with E-state index in [-0.39, 0.29) is 6.29 Å². The topological polar surface area (TPSA) is 336 Å². The van der Waals surface area contributed by atoms with Crippen LogP contribution in [0.5, 0.6) is 0 Å². The van der Waals surface area contributed by atoms with E-state index in [0.717, 1.165) is 0 Å². The molecule has 40 heavy (non-hydrogen) atoms. The summed E-state index contributed by atoms with van der Waals surface area (Å²) in [5.74, 6) is -1.03. The molecular weight excluding hydrogens is 542 g/mol. The molecule has 19 heteroatoms. The van der Waals surface area contributed by atoms with E-state index >= 15 is 0 Å². The third-order valence-electron chi connectivity index (χ3n) is 7.34. The molecule has 2 saturated heterocycles. The highest BCUT2D eigenvalue weighted by Crippen LogP contribution is 2.38. The van der Waals surface area contributed by atoms with Crippen molar-refractivity contribution in [2.24, 2.45) is 32.9 Å². The number of aliphatic hydroxyl groups is 7. The summed E-state index contributed by atoms with van der Waals surface area (Å²) in [5.41, 5.74) is 19.4. The number of carbonyl (C=O) groups excluding carboxylic acids is 1. The molecule has 3 aliphatic rings. The highest BCUT2D eigenvalue weighted by Gasteiger charge is 2.60. The second kappa shape index (κ2) is 12.7. The van der Waals surface area contributed by atoms with Crippen LogP contribution in [0.3, 0.4) is 0 Å². The molecule has 0 amide bonds. The van der Waals surface area contributed by atoms with Crippen molar-refractivity contribution in [2.45, 2.75) is 98.2 Å². The number of likely N-dealkylation sites (N-methyl/N-ethyl adjacent to an activating group) is 1. The summed E-state index contributed by atoms with van der Waals surface area (Å²) in [5, 5.41) is 76.6. The highest BCUT2D eigenvalue weighted by atomic mass is 16.8. The summed E-state index contributed by atoms with van der Waals surface area (Å²) in [6.45, 7) is 0.620. The van der Waals surface area contributed by atoms with Gasteiger partial charge in [0.05, 0.1) is 18.8 Å². The molecule has 0 aromatic carbocycles. The Labute approximate surface area is 228 Å². The van der Waals surface area contributed by atoms with Crippen LogP contribution in [0.1, 0.15) is 6.92 Å². The number of nitrogens with two attached hydrogens (primary N) is 4. The van der Waals surface area contributed by atoms with Gasteiger partial charge in [-0.1, -0.05) is 0 Å². The minimum Gasteiger partial charge on any atom is -0.394 e. The highest BCUT2D eigenvalue weighted by molar-refractivity contribution is 5.76. The van der Waals surface area contributed by atoms with Crippen LogP contribution in [-0.2, 0) is 23.7 Å². The van der Waals surface area contributed by atoms with Crippen LogP contribution < -0.4 is 28.3 Å². The van der Waals surface area contributed by atoms with Crippen molar-refractivity contribution in [3.8, 4) is 0 Å². The van der Waals surface area contributed by atoms with Gasteiger partial charge in [0.15, 0.2) is 36.4 Å². The van der Waals surface area contributed by atoms with Gasteiger partial charge in [-0.05, 0) is 14.0 Å². The summed E-state index contributed by atoms with van der Waals surface area (Å²) in [6.07, 6.45) is -17.3. The lowest BCUT2D eigenvalue weighted by molar-refractivity contribution is -0.314. The maximum absolute atomic E-state index is 12.1. The molecule has 0 spiro atoms. The number of carbonyl (C=O) groups is 1. The second-order valence-electron chi connectivity index (χ2n) is 9.89. The molecule has 3 rings (SSSR count). The van der Waals surface area contributed by atoms with Crippen molar-refractivity contribution in [1.29, 1.82) is 0 Å². The zero-order chi connectivity index (χ0) is 30.1. The first-order valence-corrected chi connectivity index (χ1v) is 12.4. The van der Waals surface area contributed by atoms with Crippen LogP contribution in [0.2, 0.25) is 0 Å². The van der Waals surface area contributed by atoms with Gasteiger partial charge < -0.3 is 82.9 Å². The van der Waals surface area contributed by atoms with E-state index in [9.17, 15) is 40.5 Å². The third-order valence-corrected chi connectivity index (χ3v) is 7.34. The van der Waals surface area contributed by atoms with Crippen LogP contribution in [0.4, 0.5) is 0 Å². The van der Waals surface area contributed by atoms with Gasteiger partial charge >= 0.3 is 0 Å². The Morgan fingerprint density at radius 1 is 0.900 bits per heavy atom. The smallest absolute Gasteiger partial charge is 0.188 e. The Morgan fingerprint density at radius 3 is 2.02 bits per heavy atom. The fourth-order valence-corrected chi connectivity index (χ4v) is 5.08. The van der Waals surface area contributed by atoms with Gasteiger partial charge in [-0.25, -0.2) is 9.98 Å². The fraction of sp³-hybridized carbons (Fsp3) is 0.857.